The summed E-state index contributed by atoms with van der Waals surface area (Å²) < 4.78 is 34.6. The third kappa shape index (κ3) is 4.13. The summed E-state index contributed by atoms with van der Waals surface area (Å²) in [7, 11) is 3.42. The van der Waals surface area contributed by atoms with E-state index >= 15 is 0 Å². The minimum Gasteiger partial charge on any atom is -0.497 e. The van der Waals surface area contributed by atoms with Crippen LogP contribution in [-0.4, -0.2) is 27.8 Å². The van der Waals surface area contributed by atoms with Crippen LogP contribution >= 0.6 is 0 Å². The van der Waals surface area contributed by atoms with Gasteiger partial charge in [0.15, 0.2) is 0 Å². The number of anilines is 1. The number of carbonyl (C=O) groups is 1. The van der Waals surface area contributed by atoms with Crippen molar-refractivity contribution in [1.82, 2.24) is 14.8 Å². The van der Waals surface area contributed by atoms with E-state index in [-0.39, 0.29) is 5.82 Å². The number of amides is 1. The molecule has 0 fully saturated rings. The molecule has 31 heavy (non-hydrogen) atoms. The maximum atomic E-state index is 13.8. The summed E-state index contributed by atoms with van der Waals surface area (Å²) in [5.74, 6) is -1.87. The Balaban J connectivity index is 1.56. The van der Waals surface area contributed by atoms with Crippen molar-refractivity contribution in [2.75, 3.05) is 12.4 Å². The Morgan fingerprint density at radius 1 is 1.00 bits per heavy atom. The fraction of sp³-hybridized carbons (Fsp3) is 0.0870. The Hall–Kier alpha value is -4.07. The third-order valence-electron chi connectivity index (χ3n) is 4.74. The molecular weight excluding hydrogens is 402 g/mol. The van der Waals surface area contributed by atoms with E-state index < -0.39 is 23.1 Å². The highest BCUT2D eigenvalue weighted by Gasteiger charge is 2.18. The summed E-state index contributed by atoms with van der Waals surface area (Å²) in [6, 6.07) is 16.0. The molecule has 0 spiro atoms. The molecule has 0 saturated carbocycles. The van der Waals surface area contributed by atoms with Crippen LogP contribution in [0.1, 0.15) is 10.4 Å². The second kappa shape index (κ2) is 8.35. The fourth-order valence-electron chi connectivity index (χ4n) is 3.17. The van der Waals surface area contributed by atoms with E-state index in [1.54, 1.807) is 30.1 Å². The summed E-state index contributed by atoms with van der Waals surface area (Å²) in [6.45, 7) is 0. The van der Waals surface area contributed by atoms with Crippen molar-refractivity contribution in [3.05, 3.63) is 84.1 Å². The number of pyridine rings is 1. The fourth-order valence-corrected chi connectivity index (χ4v) is 3.17. The van der Waals surface area contributed by atoms with Gasteiger partial charge in [-0.2, -0.15) is 5.10 Å². The van der Waals surface area contributed by atoms with Crippen molar-refractivity contribution in [2.45, 2.75) is 0 Å². The van der Waals surface area contributed by atoms with Crippen molar-refractivity contribution >= 4 is 11.7 Å². The zero-order chi connectivity index (χ0) is 22.0. The first-order valence-corrected chi connectivity index (χ1v) is 9.36. The number of nitrogens with zero attached hydrogens (tertiary/aromatic N) is 3. The molecule has 2 heterocycles. The van der Waals surface area contributed by atoms with Crippen molar-refractivity contribution in [3.63, 3.8) is 0 Å². The monoisotopic (exact) mass is 420 g/mol. The molecule has 0 bridgehead atoms. The van der Waals surface area contributed by atoms with Crippen LogP contribution in [0.2, 0.25) is 0 Å². The summed E-state index contributed by atoms with van der Waals surface area (Å²) in [4.78, 5) is 16.4. The molecule has 0 aliphatic heterocycles. The van der Waals surface area contributed by atoms with Gasteiger partial charge in [-0.15, -0.1) is 0 Å². The van der Waals surface area contributed by atoms with Gasteiger partial charge in [-0.3, -0.25) is 9.48 Å². The molecule has 4 aromatic rings. The van der Waals surface area contributed by atoms with Crippen molar-refractivity contribution in [1.29, 1.82) is 0 Å². The molecule has 6 nitrogen and oxygen atoms in total. The van der Waals surface area contributed by atoms with E-state index in [0.29, 0.717) is 0 Å². The quantitative estimate of drug-likeness (QED) is 0.509. The van der Waals surface area contributed by atoms with Crippen LogP contribution in [0.15, 0.2) is 66.9 Å². The maximum absolute atomic E-state index is 13.8. The highest BCUT2D eigenvalue weighted by atomic mass is 19.1. The average Bonchev–Trinajstić information content (AvgIpc) is 3.16. The first-order valence-electron chi connectivity index (χ1n) is 9.36. The Labute approximate surface area is 177 Å². The highest BCUT2D eigenvalue weighted by molar-refractivity contribution is 6.04. The number of hydrogen-bond acceptors (Lipinski definition) is 4. The minimum absolute atomic E-state index is 0.173. The molecule has 1 amide bonds. The van der Waals surface area contributed by atoms with Crippen LogP contribution in [0.25, 0.3) is 22.5 Å². The Bertz CT molecular complexity index is 1230. The lowest BCUT2D eigenvalue weighted by molar-refractivity contribution is 0.101. The lowest BCUT2D eigenvalue weighted by atomic mass is 10.1. The standard InChI is InChI=1S/C23H18F2N4O2/c1-29-20(12-19(28-29)14-5-3-6-16(11-14)31-2)15-9-10-21(26-13-15)27-23(30)22-17(24)7-4-8-18(22)25/h3-13H,1-2H3,(H,26,27,30). The van der Waals surface area contributed by atoms with Gasteiger partial charge in [-0.05, 0) is 42.5 Å². The number of ether oxygens (including phenoxy) is 1. The van der Waals surface area contributed by atoms with E-state index in [0.717, 1.165) is 40.4 Å². The predicted molar refractivity (Wildman–Crippen MR) is 113 cm³/mol. The molecule has 0 radical (unpaired) electrons. The van der Waals surface area contributed by atoms with E-state index in [1.165, 1.54) is 6.07 Å². The van der Waals surface area contributed by atoms with Gasteiger partial charge in [0.05, 0.1) is 18.5 Å². The van der Waals surface area contributed by atoms with Crippen LogP contribution in [0.3, 0.4) is 0 Å². The largest absolute Gasteiger partial charge is 0.497 e. The van der Waals surface area contributed by atoms with Gasteiger partial charge < -0.3 is 10.1 Å². The van der Waals surface area contributed by atoms with Crippen molar-refractivity contribution in [3.8, 4) is 28.3 Å². The Kier molecular flexibility index (Phi) is 5.44. The normalized spacial score (nSPS) is 10.7. The summed E-state index contributed by atoms with van der Waals surface area (Å²) in [6.07, 6.45) is 1.56. The molecule has 156 valence electrons. The Morgan fingerprint density at radius 3 is 2.42 bits per heavy atom. The molecule has 0 aliphatic rings. The summed E-state index contributed by atoms with van der Waals surface area (Å²) in [5.41, 5.74) is 2.60. The molecule has 8 heteroatoms. The summed E-state index contributed by atoms with van der Waals surface area (Å²) >= 11 is 0. The van der Waals surface area contributed by atoms with E-state index in [9.17, 15) is 13.6 Å². The maximum Gasteiger partial charge on any atom is 0.262 e. The summed E-state index contributed by atoms with van der Waals surface area (Å²) in [5, 5.41) is 6.95. The van der Waals surface area contributed by atoms with E-state index in [1.807, 2.05) is 37.4 Å². The average molecular weight is 420 g/mol. The first-order chi connectivity index (χ1) is 15.0. The number of hydrogen-bond donors (Lipinski definition) is 1. The SMILES string of the molecule is COc1cccc(-c2cc(-c3ccc(NC(=O)c4c(F)cccc4F)nc3)n(C)n2)c1. The number of rotatable bonds is 5. The molecule has 0 atom stereocenters. The highest BCUT2D eigenvalue weighted by Crippen LogP contribution is 2.28. The van der Waals surface area contributed by atoms with Gasteiger partial charge in [-0.25, -0.2) is 13.8 Å². The number of carbonyl (C=O) groups excluding carboxylic acids is 1. The molecule has 2 aromatic carbocycles. The zero-order valence-electron chi connectivity index (χ0n) is 16.8. The second-order valence-corrected chi connectivity index (χ2v) is 6.75. The van der Waals surface area contributed by atoms with Gasteiger partial charge in [0, 0.05) is 24.4 Å². The van der Waals surface area contributed by atoms with Crippen LogP contribution in [0, 0.1) is 11.6 Å². The number of methoxy groups -OCH3 is 1. The van der Waals surface area contributed by atoms with Crippen molar-refractivity contribution in [2.24, 2.45) is 7.05 Å². The molecule has 1 N–H and O–H groups in total. The third-order valence-corrected chi connectivity index (χ3v) is 4.74. The number of benzene rings is 2. The zero-order valence-corrected chi connectivity index (χ0v) is 16.8. The molecule has 2 aromatic heterocycles. The number of halogens is 2. The van der Waals surface area contributed by atoms with E-state index in [4.69, 9.17) is 4.74 Å². The molecular formula is C23H18F2N4O2. The van der Waals surface area contributed by atoms with Crippen LogP contribution < -0.4 is 10.1 Å². The first kappa shape index (κ1) is 20.2. The van der Waals surface area contributed by atoms with Crippen LogP contribution in [0.4, 0.5) is 14.6 Å². The van der Waals surface area contributed by atoms with E-state index in [2.05, 4.69) is 15.4 Å². The van der Waals surface area contributed by atoms with Gasteiger partial charge >= 0.3 is 0 Å². The van der Waals surface area contributed by atoms with Gasteiger partial charge in [0.25, 0.3) is 5.91 Å². The smallest absolute Gasteiger partial charge is 0.262 e. The lowest BCUT2D eigenvalue weighted by Crippen LogP contribution is -2.16. The van der Waals surface area contributed by atoms with Crippen LogP contribution in [0.5, 0.6) is 5.75 Å². The van der Waals surface area contributed by atoms with Gasteiger partial charge in [-0.1, -0.05) is 18.2 Å². The molecule has 0 aliphatic carbocycles. The molecule has 0 unspecified atom stereocenters. The second-order valence-electron chi connectivity index (χ2n) is 6.75. The minimum atomic E-state index is -0.936. The Morgan fingerprint density at radius 2 is 1.74 bits per heavy atom. The van der Waals surface area contributed by atoms with Gasteiger partial charge in [0.2, 0.25) is 0 Å². The number of aromatic nitrogens is 3. The topological polar surface area (TPSA) is 69.0 Å². The lowest BCUT2D eigenvalue weighted by Gasteiger charge is -2.07. The molecule has 0 saturated heterocycles. The molecule has 4 rings (SSSR count). The van der Waals surface area contributed by atoms with Crippen molar-refractivity contribution < 1.29 is 18.3 Å². The predicted octanol–water partition coefficient (Wildman–Crippen LogP) is 4.69. The number of aryl methyl sites for hydroxylation is 1. The van der Waals surface area contributed by atoms with Crippen LogP contribution in [-0.2, 0) is 7.05 Å². The van der Waals surface area contributed by atoms with Gasteiger partial charge in [0.1, 0.15) is 28.8 Å². The number of nitrogens with one attached hydrogen (secondary N) is 1.